The number of ether oxygens (including phenoxy) is 3. The first-order valence-corrected chi connectivity index (χ1v) is 8.37. The zero-order valence-corrected chi connectivity index (χ0v) is 14.9. The molecule has 0 radical (unpaired) electrons. The molecule has 0 bridgehead atoms. The van der Waals surface area contributed by atoms with Crippen LogP contribution in [0.25, 0.3) is 0 Å². The van der Waals surface area contributed by atoms with E-state index < -0.39 is 36.2 Å². The zero-order chi connectivity index (χ0) is 20.1. The second-order valence-electron chi connectivity index (χ2n) is 5.85. The quantitative estimate of drug-likeness (QED) is 0.733. The van der Waals surface area contributed by atoms with Crippen LogP contribution in [-0.2, 0) is 14.3 Å². The highest BCUT2D eigenvalue weighted by Crippen LogP contribution is 2.34. The fraction of sp³-hybridized carbons (Fsp3) is 0.211. The maximum Gasteiger partial charge on any atom is 0.326 e. The third-order valence-corrected chi connectivity index (χ3v) is 3.83. The minimum absolute atomic E-state index is 0.110. The number of rotatable bonds is 6. The Hall–Kier alpha value is -3.62. The van der Waals surface area contributed by atoms with Gasteiger partial charge in [-0.2, -0.15) is 0 Å². The summed E-state index contributed by atoms with van der Waals surface area (Å²) >= 11 is 0. The fourth-order valence-electron chi connectivity index (χ4n) is 2.40. The van der Waals surface area contributed by atoms with Gasteiger partial charge in [-0.1, -0.05) is 12.1 Å². The Balaban J connectivity index is 1.47. The van der Waals surface area contributed by atoms with Crippen molar-refractivity contribution in [1.82, 2.24) is 5.32 Å². The number of carbonyl (C=O) groups excluding carboxylic acids is 3. The summed E-state index contributed by atoms with van der Waals surface area (Å²) in [5.41, 5.74) is 0.258. The maximum atomic E-state index is 13.5. The second-order valence-corrected chi connectivity index (χ2v) is 5.85. The van der Waals surface area contributed by atoms with Crippen LogP contribution in [0, 0.1) is 5.82 Å². The van der Waals surface area contributed by atoms with Gasteiger partial charge in [0.25, 0.3) is 11.8 Å². The molecule has 1 aliphatic rings. The molecular weight excluding hydrogens is 371 g/mol. The summed E-state index contributed by atoms with van der Waals surface area (Å²) < 4.78 is 28.9. The van der Waals surface area contributed by atoms with Gasteiger partial charge in [-0.15, -0.1) is 0 Å². The molecule has 2 N–H and O–H groups in total. The monoisotopic (exact) mass is 388 g/mol. The minimum Gasteiger partial charge on any atom is -0.454 e. The molecule has 0 aromatic heterocycles. The number of esters is 1. The lowest BCUT2D eigenvalue weighted by Crippen LogP contribution is -2.36. The Morgan fingerprint density at radius 2 is 1.89 bits per heavy atom. The van der Waals surface area contributed by atoms with Crippen LogP contribution in [0.15, 0.2) is 42.5 Å². The van der Waals surface area contributed by atoms with E-state index in [1.807, 2.05) is 0 Å². The molecule has 2 aromatic carbocycles. The Kier molecular flexibility index (Phi) is 5.73. The molecule has 9 heteroatoms. The van der Waals surface area contributed by atoms with E-state index in [-0.39, 0.29) is 12.4 Å². The molecule has 1 atom stereocenters. The van der Waals surface area contributed by atoms with E-state index in [0.717, 1.165) is 6.07 Å². The first kappa shape index (κ1) is 19.2. The van der Waals surface area contributed by atoms with Crippen molar-refractivity contribution < 1.29 is 33.0 Å². The molecule has 0 aliphatic carbocycles. The predicted molar refractivity (Wildman–Crippen MR) is 95.5 cm³/mol. The normalized spacial score (nSPS) is 12.8. The minimum atomic E-state index is -1.11. The fourth-order valence-corrected chi connectivity index (χ4v) is 2.40. The van der Waals surface area contributed by atoms with Gasteiger partial charge in [0.05, 0.1) is 5.56 Å². The zero-order valence-electron chi connectivity index (χ0n) is 14.9. The Morgan fingerprint density at radius 3 is 2.68 bits per heavy atom. The Morgan fingerprint density at radius 1 is 1.14 bits per heavy atom. The molecule has 0 saturated carbocycles. The predicted octanol–water partition coefficient (Wildman–Crippen LogP) is 1.85. The molecule has 1 aliphatic heterocycles. The number of hydrogen-bond acceptors (Lipinski definition) is 6. The van der Waals surface area contributed by atoms with Gasteiger partial charge >= 0.3 is 5.97 Å². The van der Waals surface area contributed by atoms with Gasteiger partial charge in [-0.3, -0.25) is 14.4 Å². The van der Waals surface area contributed by atoms with Crippen LogP contribution in [-0.4, -0.2) is 37.2 Å². The van der Waals surface area contributed by atoms with Crippen LogP contribution in [0.4, 0.5) is 10.1 Å². The van der Waals surface area contributed by atoms with Crippen molar-refractivity contribution in [2.45, 2.75) is 13.0 Å². The first-order chi connectivity index (χ1) is 13.4. The molecule has 0 saturated heterocycles. The number of nitrogens with one attached hydrogen (secondary N) is 2. The lowest BCUT2D eigenvalue weighted by Gasteiger charge is -2.14. The van der Waals surface area contributed by atoms with Crippen LogP contribution in [0.1, 0.15) is 17.3 Å². The van der Waals surface area contributed by atoms with Crippen molar-refractivity contribution in [1.29, 1.82) is 0 Å². The van der Waals surface area contributed by atoms with Crippen molar-refractivity contribution in [2.24, 2.45) is 0 Å². The number of hydrogen-bond donors (Lipinski definition) is 2. The smallest absolute Gasteiger partial charge is 0.326 e. The third-order valence-electron chi connectivity index (χ3n) is 3.83. The third kappa shape index (κ3) is 4.56. The van der Waals surface area contributed by atoms with Gasteiger partial charge < -0.3 is 24.8 Å². The van der Waals surface area contributed by atoms with Crippen LogP contribution >= 0.6 is 0 Å². The highest BCUT2D eigenvalue weighted by Gasteiger charge is 2.20. The highest BCUT2D eigenvalue weighted by molar-refractivity contribution is 5.97. The van der Waals surface area contributed by atoms with Crippen molar-refractivity contribution in [3.05, 3.63) is 53.8 Å². The van der Waals surface area contributed by atoms with Gasteiger partial charge in [0.1, 0.15) is 12.4 Å². The Labute approximate surface area is 159 Å². The van der Waals surface area contributed by atoms with Gasteiger partial charge in [-0.05, 0) is 31.2 Å². The summed E-state index contributed by atoms with van der Waals surface area (Å²) in [4.78, 5) is 35.9. The number of halogens is 1. The van der Waals surface area contributed by atoms with Gasteiger partial charge in [0.2, 0.25) is 6.79 Å². The van der Waals surface area contributed by atoms with E-state index >= 15 is 0 Å². The van der Waals surface area contributed by atoms with Crippen molar-refractivity contribution in [3.8, 4) is 11.5 Å². The average molecular weight is 388 g/mol. The van der Waals surface area contributed by atoms with E-state index in [1.54, 1.807) is 18.2 Å². The Bertz CT molecular complexity index is 917. The summed E-state index contributed by atoms with van der Waals surface area (Å²) in [7, 11) is 0. The lowest BCUT2D eigenvalue weighted by atomic mass is 10.2. The molecule has 0 unspecified atom stereocenters. The molecule has 2 aromatic rings. The van der Waals surface area contributed by atoms with Crippen LogP contribution in [0.3, 0.4) is 0 Å². The standard InChI is InChI=1S/C19H17FN2O6/c1-11(18(24)22-12-6-7-15-16(8-12)27-10-26-15)28-17(23)9-21-19(25)13-4-2-3-5-14(13)20/h2-8,11H,9-10H2,1H3,(H,21,25)(H,22,24)/t11-/m0/s1. The molecule has 1 heterocycles. The van der Waals surface area contributed by atoms with E-state index in [4.69, 9.17) is 14.2 Å². The van der Waals surface area contributed by atoms with Crippen LogP contribution in [0.2, 0.25) is 0 Å². The summed E-state index contributed by atoms with van der Waals surface area (Å²) in [6.07, 6.45) is -1.11. The summed E-state index contributed by atoms with van der Waals surface area (Å²) in [5, 5.41) is 4.83. The summed E-state index contributed by atoms with van der Waals surface area (Å²) in [5.74, 6) is -1.79. The molecule has 146 valence electrons. The topological polar surface area (TPSA) is 103 Å². The summed E-state index contributed by atoms with van der Waals surface area (Å²) in [6.45, 7) is 0.993. The van der Waals surface area contributed by atoms with Crippen LogP contribution < -0.4 is 20.1 Å². The molecule has 2 amide bonds. The number of carbonyl (C=O) groups is 3. The SMILES string of the molecule is C[C@H](OC(=O)CNC(=O)c1ccccc1F)C(=O)Nc1ccc2c(c1)OCO2. The molecule has 28 heavy (non-hydrogen) atoms. The van der Waals surface area contributed by atoms with E-state index in [2.05, 4.69) is 10.6 Å². The largest absolute Gasteiger partial charge is 0.454 e. The second kappa shape index (κ2) is 8.38. The molecule has 0 fully saturated rings. The molecule has 0 spiro atoms. The van der Waals surface area contributed by atoms with Gasteiger partial charge in [0, 0.05) is 11.8 Å². The number of benzene rings is 2. The van der Waals surface area contributed by atoms with Crippen molar-refractivity contribution >= 4 is 23.5 Å². The van der Waals surface area contributed by atoms with E-state index in [0.29, 0.717) is 17.2 Å². The summed E-state index contributed by atoms with van der Waals surface area (Å²) in [6, 6.07) is 10.2. The first-order valence-electron chi connectivity index (χ1n) is 8.37. The van der Waals surface area contributed by atoms with Crippen molar-refractivity contribution in [2.75, 3.05) is 18.7 Å². The van der Waals surface area contributed by atoms with Crippen molar-refractivity contribution in [3.63, 3.8) is 0 Å². The number of amides is 2. The lowest BCUT2D eigenvalue weighted by molar-refractivity contribution is -0.152. The van der Waals surface area contributed by atoms with E-state index in [9.17, 15) is 18.8 Å². The maximum absolute atomic E-state index is 13.5. The highest BCUT2D eigenvalue weighted by atomic mass is 19.1. The molecule has 8 nitrogen and oxygen atoms in total. The average Bonchev–Trinajstić information content (AvgIpc) is 3.14. The van der Waals surface area contributed by atoms with Crippen LogP contribution in [0.5, 0.6) is 11.5 Å². The van der Waals surface area contributed by atoms with Gasteiger partial charge in [0.15, 0.2) is 17.6 Å². The number of anilines is 1. The molecular formula is C19H17FN2O6. The van der Waals surface area contributed by atoms with Gasteiger partial charge in [-0.25, -0.2) is 4.39 Å². The number of fused-ring (bicyclic) bond motifs is 1. The van der Waals surface area contributed by atoms with E-state index in [1.165, 1.54) is 25.1 Å². The molecule has 3 rings (SSSR count).